The number of methoxy groups -OCH3 is 1. The molecule has 0 amide bonds. The molecule has 0 aromatic heterocycles. The second kappa shape index (κ2) is 9.12. The lowest BCUT2D eigenvalue weighted by molar-refractivity contribution is 0.184. The Labute approximate surface area is 112 Å². The molecule has 0 aliphatic carbocycles. The molecule has 0 saturated carbocycles. The molecule has 1 N–H and O–H groups in total. The quantitative estimate of drug-likeness (QED) is 0.677. The number of nitrogens with one attached hydrogen (secondary N) is 1. The number of hydrogen-bond acceptors (Lipinski definition) is 2. The van der Waals surface area contributed by atoms with E-state index in [1.807, 2.05) is 0 Å². The van der Waals surface area contributed by atoms with Crippen LogP contribution in [0, 0.1) is 5.92 Å². The van der Waals surface area contributed by atoms with Gasteiger partial charge in [-0.15, -0.1) is 0 Å². The lowest BCUT2D eigenvalue weighted by atomic mass is 10.0. The van der Waals surface area contributed by atoms with Gasteiger partial charge < -0.3 is 10.1 Å². The van der Waals surface area contributed by atoms with Crippen molar-refractivity contribution in [3.8, 4) is 0 Å². The summed E-state index contributed by atoms with van der Waals surface area (Å²) >= 11 is 0. The van der Waals surface area contributed by atoms with E-state index in [0.717, 1.165) is 32.0 Å². The van der Waals surface area contributed by atoms with Crippen LogP contribution in [0.25, 0.3) is 0 Å². The van der Waals surface area contributed by atoms with E-state index in [1.165, 1.54) is 24.0 Å². The van der Waals surface area contributed by atoms with Gasteiger partial charge in [-0.1, -0.05) is 38.1 Å². The molecule has 1 rings (SSSR count). The minimum atomic E-state index is 0.724. The number of benzene rings is 1. The maximum atomic E-state index is 5.23. The van der Waals surface area contributed by atoms with Gasteiger partial charge in [0.05, 0.1) is 6.61 Å². The van der Waals surface area contributed by atoms with E-state index in [4.69, 9.17) is 4.74 Å². The zero-order valence-electron chi connectivity index (χ0n) is 12.0. The molecule has 0 spiro atoms. The normalized spacial score (nSPS) is 11.1. The van der Waals surface area contributed by atoms with Gasteiger partial charge in [-0.05, 0) is 49.4 Å². The Morgan fingerprint density at radius 3 is 2.50 bits per heavy atom. The third-order valence-electron chi connectivity index (χ3n) is 3.02. The van der Waals surface area contributed by atoms with Crippen molar-refractivity contribution in [2.75, 3.05) is 20.2 Å². The number of hydrogen-bond donors (Lipinski definition) is 1. The van der Waals surface area contributed by atoms with Gasteiger partial charge in [0.25, 0.3) is 0 Å². The molecule has 0 bridgehead atoms. The fourth-order valence-corrected chi connectivity index (χ4v) is 2.05. The smallest absolute Gasteiger partial charge is 0.0715 e. The highest BCUT2D eigenvalue weighted by molar-refractivity contribution is 5.26. The number of ether oxygens (including phenoxy) is 1. The van der Waals surface area contributed by atoms with Crippen molar-refractivity contribution in [2.24, 2.45) is 5.92 Å². The zero-order chi connectivity index (χ0) is 13.2. The lowest BCUT2D eigenvalue weighted by Gasteiger charge is -2.09. The lowest BCUT2D eigenvalue weighted by Crippen LogP contribution is -2.20. The topological polar surface area (TPSA) is 21.3 Å². The molecule has 18 heavy (non-hydrogen) atoms. The second-order valence-electron chi connectivity index (χ2n) is 5.26. The van der Waals surface area contributed by atoms with Crippen LogP contribution >= 0.6 is 0 Å². The van der Waals surface area contributed by atoms with Crippen molar-refractivity contribution < 1.29 is 4.74 Å². The van der Waals surface area contributed by atoms with Crippen LogP contribution in [0.5, 0.6) is 0 Å². The van der Waals surface area contributed by atoms with Crippen molar-refractivity contribution in [3.05, 3.63) is 35.4 Å². The SMILES string of the molecule is COCc1ccccc1CCCCNCC(C)C. The fraction of sp³-hybridized carbons (Fsp3) is 0.625. The van der Waals surface area contributed by atoms with Crippen LogP contribution in [0.4, 0.5) is 0 Å². The minimum absolute atomic E-state index is 0.724. The van der Waals surface area contributed by atoms with Crippen molar-refractivity contribution in [1.82, 2.24) is 5.32 Å². The Balaban J connectivity index is 2.22. The summed E-state index contributed by atoms with van der Waals surface area (Å²) in [6, 6.07) is 8.58. The summed E-state index contributed by atoms with van der Waals surface area (Å²) in [5.41, 5.74) is 2.76. The molecule has 0 atom stereocenters. The zero-order valence-corrected chi connectivity index (χ0v) is 12.0. The average Bonchev–Trinajstić information content (AvgIpc) is 2.35. The first-order chi connectivity index (χ1) is 8.74. The standard InChI is InChI=1S/C16H27NO/c1-14(2)12-17-11-7-6-9-15-8-4-5-10-16(15)13-18-3/h4-5,8,10,14,17H,6-7,9,11-13H2,1-3H3. The highest BCUT2D eigenvalue weighted by Gasteiger charge is 2.01. The van der Waals surface area contributed by atoms with Crippen LogP contribution in [-0.2, 0) is 17.8 Å². The molecule has 0 saturated heterocycles. The van der Waals surface area contributed by atoms with Crippen LogP contribution in [0.15, 0.2) is 24.3 Å². The van der Waals surface area contributed by atoms with Crippen LogP contribution in [0.1, 0.15) is 37.8 Å². The number of rotatable bonds is 9. The summed E-state index contributed by atoms with van der Waals surface area (Å²) in [6.07, 6.45) is 3.64. The predicted molar refractivity (Wildman–Crippen MR) is 77.8 cm³/mol. The molecule has 1 aromatic carbocycles. The summed E-state index contributed by atoms with van der Waals surface area (Å²) in [5, 5.41) is 3.49. The Bertz CT molecular complexity index is 323. The van der Waals surface area contributed by atoms with E-state index in [2.05, 4.69) is 43.4 Å². The van der Waals surface area contributed by atoms with E-state index in [-0.39, 0.29) is 0 Å². The van der Waals surface area contributed by atoms with Gasteiger partial charge in [0.2, 0.25) is 0 Å². The molecule has 0 aliphatic rings. The molecule has 0 fully saturated rings. The van der Waals surface area contributed by atoms with Gasteiger partial charge in [-0.25, -0.2) is 0 Å². The van der Waals surface area contributed by atoms with E-state index in [0.29, 0.717) is 0 Å². The summed E-state index contributed by atoms with van der Waals surface area (Å²) in [5.74, 6) is 0.743. The monoisotopic (exact) mass is 249 g/mol. The van der Waals surface area contributed by atoms with Crippen molar-refractivity contribution in [1.29, 1.82) is 0 Å². The summed E-state index contributed by atoms with van der Waals surface area (Å²) in [7, 11) is 1.76. The van der Waals surface area contributed by atoms with Gasteiger partial charge in [0, 0.05) is 7.11 Å². The first-order valence-electron chi connectivity index (χ1n) is 7.00. The van der Waals surface area contributed by atoms with Crippen molar-refractivity contribution in [3.63, 3.8) is 0 Å². The number of unbranched alkanes of at least 4 members (excludes halogenated alkanes) is 1. The molecular weight excluding hydrogens is 222 g/mol. The summed E-state index contributed by atoms with van der Waals surface area (Å²) in [6.45, 7) is 7.47. The molecule has 2 nitrogen and oxygen atoms in total. The fourth-order valence-electron chi connectivity index (χ4n) is 2.05. The minimum Gasteiger partial charge on any atom is -0.380 e. The average molecular weight is 249 g/mol. The molecular formula is C16H27NO. The van der Waals surface area contributed by atoms with Crippen molar-refractivity contribution in [2.45, 2.75) is 39.7 Å². The predicted octanol–water partition coefficient (Wildman–Crippen LogP) is 3.40. The van der Waals surface area contributed by atoms with Crippen LogP contribution in [0.3, 0.4) is 0 Å². The molecule has 1 aromatic rings. The van der Waals surface area contributed by atoms with E-state index in [1.54, 1.807) is 7.11 Å². The number of aryl methyl sites for hydroxylation is 1. The van der Waals surface area contributed by atoms with Gasteiger partial charge in [-0.2, -0.15) is 0 Å². The van der Waals surface area contributed by atoms with Crippen molar-refractivity contribution >= 4 is 0 Å². The van der Waals surface area contributed by atoms with Crippen LogP contribution < -0.4 is 5.32 Å². The Morgan fingerprint density at radius 2 is 1.83 bits per heavy atom. The first kappa shape index (κ1) is 15.2. The second-order valence-corrected chi connectivity index (χ2v) is 5.26. The molecule has 0 radical (unpaired) electrons. The van der Waals surface area contributed by atoms with Gasteiger partial charge in [-0.3, -0.25) is 0 Å². The Morgan fingerprint density at radius 1 is 1.11 bits per heavy atom. The molecule has 0 unspecified atom stereocenters. The van der Waals surface area contributed by atoms with Gasteiger partial charge in [0.1, 0.15) is 0 Å². The maximum absolute atomic E-state index is 5.23. The summed E-state index contributed by atoms with van der Waals surface area (Å²) in [4.78, 5) is 0. The highest BCUT2D eigenvalue weighted by atomic mass is 16.5. The molecule has 2 heteroatoms. The van der Waals surface area contributed by atoms with E-state index < -0.39 is 0 Å². The third-order valence-corrected chi connectivity index (χ3v) is 3.02. The molecule has 102 valence electrons. The van der Waals surface area contributed by atoms with E-state index in [9.17, 15) is 0 Å². The third kappa shape index (κ3) is 6.18. The maximum Gasteiger partial charge on any atom is 0.0715 e. The van der Waals surface area contributed by atoms with E-state index >= 15 is 0 Å². The largest absolute Gasteiger partial charge is 0.380 e. The van der Waals surface area contributed by atoms with Crippen LogP contribution in [0.2, 0.25) is 0 Å². The first-order valence-corrected chi connectivity index (χ1v) is 7.00. The Hall–Kier alpha value is -0.860. The van der Waals surface area contributed by atoms with Gasteiger partial charge >= 0.3 is 0 Å². The summed E-state index contributed by atoms with van der Waals surface area (Å²) < 4.78 is 5.23. The molecule has 0 heterocycles. The van der Waals surface area contributed by atoms with Gasteiger partial charge in [0.15, 0.2) is 0 Å². The van der Waals surface area contributed by atoms with Crippen LogP contribution in [-0.4, -0.2) is 20.2 Å². The molecule has 0 aliphatic heterocycles. The highest BCUT2D eigenvalue weighted by Crippen LogP contribution is 2.12. The Kier molecular flexibility index (Phi) is 7.70.